The van der Waals surface area contributed by atoms with E-state index in [1.807, 2.05) is 0 Å². The highest BCUT2D eigenvalue weighted by Crippen LogP contribution is 2.37. The highest BCUT2D eigenvalue weighted by atomic mass is 19.3. The Morgan fingerprint density at radius 3 is 2.11 bits per heavy atom. The van der Waals surface area contributed by atoms with E-state index in [2.05, 4.69) is 19.7 Å². The van der Waals surface area contributed by atoms with E-state index in [1.54, 1.807) is 62.1 Å². The Kier molecular flexibility index (Phi) is 8.10. The second-order valence-corrected chi connectivity index (χ2v) is 8.24. The van der Waals surface area contributed by atoms with Crippen molar-refractivity contribution in [3.8, 4) is 11.5 Å². The maximum absolute atomic E-state index is 12.9. The first-order chi connectivity index (χ1) is 16.5. The van der Waals surface area contributed by atoms with E-state index in [1.165, 1.54) is 12.3 Å². The molecule has 0 saturated carbocycles. The Balaban J connectivity index is 2.00. The number of ether oxygens (including phenoxy) is 3. The summed E-state index contributed by atoms with van der Waals surface area (Å²) >= 11 is 0. The number of anilines is 2. The molecule has 11 heteroatoms. The van der Waals surface area contributed by atoms with Crippen LogP contribution in [0.1, 0.15) is 36.8 Å². The fraction of sp³-hybridized carbons (Fsp3) is 0.292. The molecule has 0 atom stereocenters. The van der Waals surface area contributed by atoms with Crippen LogP contribution in [0, 0.1) is 0 Å². The van der Waals surface area contributed by atoms with E-state index in [4.69, 9.17) is 4.74 Å². The minimum Gasteiger partial charge on any atom is -0.456 e. The number of alkyl halides is 4. The molecule has 0 bridgehead atoms. The van der Waals surface area contributed by atoms with E-state index in [-0.39, 0.29) is 6.54 Å². The summed E-state index contributed by atoms with van der Waals surface area (Å²) in [6.07, 6.45) is 1.49. The Morgan fingerprint density at radius 2 is 1.54 bits per heavy atom. The van der Waals surface area contributed by atoms with Crippen molar-refractivity contribution in [3.63, 3.8) is 0 Å². The number of hydrogen-bond donors (Lipinski definition) is 0. The maximum Gasteiger partial charge on any atom is 0.387 e. The number of rotatable bonds is 9. The van der Waals surface area contributed by atoms with Crippen LogP contribution < -0.4 is 14.4 Å². The van der Waals surface area contributed by atoms with Gasteiger partial charge in [-0.1, -0.05) is 0 Å². The highest BCUT2D eigenvalue weighted by Gasteiger charge is 2.21. The molecule has 0 aliphatic heterocycles. The summed E-state index contributed by atoms with van der Waals surface area (Å²) in [6, 6.07) is 13.4. The molecule has 0 saturated heterocycles. The van der Waals surface area contributed by atoms with Crippen molar-refractivity contribution in [1.82, 2.24) is 10.2 Å². The molecule has 0 radical (unpaired) electrons. The third-order valence-corrected chi connectivity index (χ3v) is 4.43. The Bertz CT molecular complexity index is 1120. The van der Waals surface area contributed by atoms with E-state index < -0.39 is 36.3 Å². The highest BCUT2D eigenvalue weighted by molar-refractivity contribution is 5.90. The number of esters is 1. The fourth-order valence-corrected chi connectivity index (χ4v) is 3.07. The lowest BCUT2D eigenvalue weighted by Crippen LogP contribution is -2.24. The van der Waals surface area contributed by atoms with Crippen LogP contribution in [0.3, 0.4) is 0 Å². The molecule has 3 aromatic rings. The monoisotopic (exact) mass is 493 g/mol. The van der Waals surface area contributed by atoms with Crippen LogP contribution in [-0.2, 0) is 11.3 Å². The number of benzene rings is 2. The van der Waals surface area contributed by atoms with E-state index in [0.29, 0.717) is 22.6 Å². The summed E-state index contributed by atoms with van der Waals surface area (Å²) in [4.78, 5) is 14.0. The molecule has 0 unspecified atom stereocenters. The molecule has 0 N–H and O–H groups in total. The Labute approximate surface area is 199 Å². The number of hydrogen-bond acceptors (Lipinski definition) is 7. The second kappa shape index (κ2) is 11.0. The molecule has 3 rings (SSSR count). The van der Waals surface area contributed by atoms with E-state index in [0.717, 1.165) is 12.1 Å². The molecule has 0 aliphatic rings. The molecule has 35 heavy (non-hydrogen) atoms. The average Bonchev–Trinajstić information content (AvgIpc) is 2.78. The predicted octanol–water partition coefficient (Wildman–Crippen LogP) is 5.97. The predicted molar refractivity (Wildman–Crippen MR) is 119 cm³/mol. The molecule has 2 aromatic carbocycles. The third kappa shape index (κ3) is 7.56. The summed E-state index contributed by atoms with van der Waals surface area (Å²) in [5, 5.41) is 7.88. The molecular formula is C24H23F4N3O4. The van der Waals surface area contributed by atoms with Crippen molar-refractivity contribution in [2.45, 2.75) is 46.1 Å². The van der Waals surface area contributed by atoms with Gasteiger partial charge < -0.3 is 19.1 Å². The van der Waals surface area contributed by atoms with Crippen LogP contribution >= 0.6 is 0 Å². The standard InChI is InChI=1S/C24H23F4N3O4/c1-24(2,3)35-21(32)15-6-8-17(9-7-15)31(14-16-5-4-12-29-30-16)18-10-11-19(33-22(25)26)20(13-18)34-23(27)28/h4-13,22-23H,14H2,1-3H3. The lowest BCUT2D eigenvalue weighted by Gasteiger charge is -2.26. The summed E-state index contributed by atoms with van der Waals surface area (Å²) in [5.41, 5.74) is 1.04. The fourth-order valence-electron chi connectivity index (χ4n) is 3.07. The summed E-state index contributed by atoms with van der Waals surface area (Å²) in [6.45, 7) is -1.08. The Hall–Kier alpha value is -3.89. The minimum atomic E-state index is -3.26. The summed E-state index contributed by atoms with van der Waals surface area (Å²) < 4.78 is 65.4. The van der Waals surface area contributed by atoms with Crippen LogP contribution in [0.2, 0.25) is 0 Å². The van der Waals surface area contributed by atoms with Crippen LogP contribution in [0.5, 0.6) is 11.5 Å². The van der Waals surface area contributed by atoms with E-state index in [9.17, 15) is 22.4 Å². The largest absolute Gasteiger partial charge is 0.456 e. The summed E-state index contributed by atoms with van der Waals surface area (Å²) in [5.74, 6) is -1.61. The number of carbonyl (C=O) groups excluding carboxylic acids is 1. The smallest absolute Gasteiger partial charge is 0.387 e. The van der Waals surface area contributed by atoms with Gasteiger partial charge in [-0.25, -0.2) is 4.79 Å². The van der Waals surface area contributed by atoms with Gasteiger partial charge in [-0.3, -0.25) is 0 Å². The molecule has 0 fully saturated rings. The van der Waals surface area contributed by atoms with Crippen molar-refractivity contribution in [2.24, 2.45) is 0 Å². The first-order valence-corrected chi connectivity index (χ1v) is 10.4. The van der Waals surface area contributed by atoms with Gasteiger partial charge in [0.15, 0.2) is 11.5 Å². The molecule has 186 valence electrons. The quantitative estimate of drug-likeness (QED) is 0.268. The van der Waals surface area contributed by atoms with Crippen LogP contribution in [0.4, 0.5) is 28.9 Å². The topological polar surface area (TPSA) is 73.8 Å². The maximum atomic E-state index is 12.9. The van der Waals surface area contributed by atoms with E-state index >= 15 is 0 Å². The molecule has 0 aliphatic carbocycles. The molecule has 0 spiro atoms. The van der Waals surface area contributed by atoms with Gasteiger partial charge in [0.1, 0.15) is 5.60 Å². The van der Waals surface area contributed by atoms with Crippen molar-refractivity contribution in [1.29, 1.82) is 0 Å². The third-order valence-electron chi connectivity index (χ3n) is 4.43. The number of halogens is 4. The minimum absolute atomic E-state index is 0.142. The Morgan fingerprint density at radius 1 is 0.914 bits per heavy atom. The SMILES string of the molecule is CC(C)(C)OC(=O)c1ccc(N(Cc2cccnn2)c2ccc(OC(F)F)c(OC(F)F)c2)cc1. The van der Waals surface area contributed by atoms with Gasteiger partial charge in [-0.2, -0.15) is 27.8 Å². The number of nitrogens with zero attached hydrogens (tertiary/aromatic N) is 3. The zero-order valence-electron chi connectivity index (χ0n) is 19.1. The lowest BCUT2D eigenvalue weighted by molar-refractivity contribution is -0.0692. The lowest BCUT2D eigenvalue weighted by atomic mass is 10.1. The van der Waals surface area contributed by atoms with Gasteiger partial charge in [-0.05, 0) is 69.3 Å². The van der Waals surface area contributed by atoms with Gasteiger partial charge in [0.05, 0.1) is 17.8 Å². The molecular weight excluding hydrogens is 470 g/mol. The first-order valence-electron chi connectivity index (χ1n) is 10.4. The van der Waals surface area contributed by atoms with Crippen LogP contribution in [-0.4, -0.2) is 35.0 Å². The van der Waals surface area contributed by atoms with Gasteiger partial charge in [0.2, 0.25) is 0 Å². The second-order valence-electron chi connectivity index (χ2n) is 8.24. The molecule has 1 heterocycles. The van der Waals surface area contributed by atoms with Crippen molar-refractivity contribution in [2.75, 3.05) is 4.90 Å². The zero-order chi connectivity index (χ0) is 25.6. The van der Waals surface area contributed by atoms with Crippen LogP contribution in [0.15, 0.2) is 60.8 Å². The number of carbonyl (C=O) groups is 1. The average molecular weight is 493 g/mol. The molecule has 1 aromatic heterocycles. The van der Waals surface area contributed by atoms with Gasteiger partial charge >= 0.3 is 19.2 Å². The van der Waals surface area contributed by atoms with Crippen molar-refractivity contribution >= 4 is 17.3 Å². The first kappa shape index (κ1) is 25.7. The summed E-state index contributed by atoms with van der Waals surface area (Å²) in [7, 11) is 0. The number of aromatic nitrogens is 2. The van der Waals surface area contributed by atoms with Crippen LogP contribution in [0.25, 0.3) is 0 Å². The zero-order valence-corrected chi connectivity index (χ0v) is 19.1. The van der Waals surface area contributed by atoms with Gasteiger partial charge in [-0.15, -0.1) is 0 Å². The van der Waals surface area contributed by atoms with Crippen molar-refractivity contribution in [3.05, 3.63) is 72.1 Å². The molecule has 7 nitrogen and oxygen atoms in total. The molecule has 0 amide bonds. The van der Waals surface area contributed by atoms with Gasteiger partial charge in [0, 0.05) is 23.6 Å². The van der Waals surface area contributed by atoms with Crippen molar-refractivity contribution < 1.29 is 36.6 Å². The van der Waals surface area contributed by atoms with Gasteiger partial charge in [0.25, 0.3) is 0 Å². The normalized spacial score (nSPS) is 11.5.